The Labute approximate surface area is 130 Å². The van der Waals surface area contributed by atoms with E-state index in [2.05, 4.69) is 4.74 Å². The van der Waals surface area contributed by atoms with E-state index < -0.39 is 17.4 Å². The molecule has 0 bridgehead atoms. The SMILES string of the molecule is COc1cccc(C[S@@](=O)Cc2cccc(OC(F)F)c2)c1. The molecule has 0 radical (unpaired) electrons. The maximum Gasteiger partial charge on any atom is 0.387 e. The van der Waals surface area contributed by atoms with E-state index in [1.807, 2.05) is 24.3 Å². The van der Waals surface area contributed by atoms with E-state index in [0.29, 0.717) is 17.1 Å². The molecule has 0 heterocycles. The molecular weight excluding hydrogens is 310 g/mol. The van der Waals surface area contributed by atoms with Gasteiger partial charge in [-0.1, -0.05) is 24.3 Å². The molecule has 0 saturated heterocycles. The predicted octanol–water partition coefficient (Wildman–Crippen LogP) is 3.75. The van der Waals surface area contributed by atoms with Gasteiger partial charge < -0.3 is 9.47 Å². The van der Waals surface area contributed by atoms with Gasteiger partial charge in [-0.15, -0.1) is 0 Å². The molecule has 0 saturated carbocycles. The molecular formula is C16H16F2O3S. The van der Waals surface area contributed by atoms with Crippen LogP contribution in [0.1, 0.15) is 11.1 Å². The molecule has 0 spiro atoms. The highest BCUT2D eigenvalue weighted by molar-refractivity contribution is 7.83. The van der Waals surface area contributed by atoms with Crippen LogP contribution < -0.4 is 9.47 Å². The van der Waals surface area contributed by atoms with E-state index in [1.165, 1.54) is 12.1 Å². The Morgan fingerprint density at radius 3 is 2.09 bits per heavy atom. The number of halogens is 2. The Hall–Kier alpha value is -1.95. The van der Waals surface area contributed by atoms with Crippen LogP contribution in [0.2, 0.25) is 0 Å². The molecule has 0 amide bonds. The largest absolute Gasteiger partial charge is 0.497 e. The van der Waals surface area contributed by atoms with Gasteiger partial charge in [0, 0.05) is 22.3 Å². The number of hydrogen-bond acceptors (Lipinski definition) is 3. The van der Waals surface area contributed by atoms with Crippen LogP contribution in [0.4, 0.5) is 8.78 Å². The Morgan fingerprint density at radius 2 is 1.55 bits per heavy atom. The predicted molar refractivity (Wildman–Crippen MR) is 81.6 cm³/mol. The highest BCUT2D eigenvalue weighted by Crippen LogP contribution is 2.19. The van der Waals surface area contributed by atoms with Crippen molar-refractivity contribution in [3.8, 4) is 11.5 Å². The minimum absolute atomic E-state index is 0.0749. The normalized spacial score (nSPS) is 12.2. The van der Waals surface area contributed by atoms with Gasteiger partial charge in [0.2, 0.25) is 0 Å². The van der Waals surface area contributed by atoms with E-state index in [1.54, 1.807) is 19.2 Å². The van der Waals surface area contributed by atoms with Crippen LogP contribution in [0, 0.1) is 0 Å². The van der Waals surface area contributed by atoms with Gasteiger partial charge in [-0.05, 0) is 35.4 Å². The van der Waals surface area contributed by atoms with E-state index >= 15 is 0 Å². The molecule has 2 rings (SSSR count). The Bertz CT molecular complexity index is 647. The van der Waals surface area contributed by atoms with Crippen molar-refractivity contribution in [3.63, 3.8) is 0 Å². The van der Waals surface area contributed by atoms with Crippen molar-refractivity contribution in [3.05, 3.63) is 59.7 Å². The first kappa shape index (κ1) is 16.4. The minimum Gasteiger partial charge on any atom is -0.497 e. The van der Waals surface area contributed by atoms with Crippen molar-refractivity contribution in [2.45, 2.75) is 18.1 Å². The number of benzene rings is 2. The second-order valence-electron chi connectivity index (χ2n) is 4.61. The number of rotatable bonds is 7. The molecule has 2 aromatic rings. The number of alkyl halides is 2. The average molecular weight is 326 g/mol. The van der Waals surface area contributed by atoms with Crippen molar-refractivity contribution in [2.24, 2.45) is 0 Å². The topological polar surface area (TPSA) is 35.5 Å². The van der Waals surface area contributed by atoms with Gasteiger partial charge in [0.25, 0.3) is 0 Å². The van der Waals surface area contributed by atoms with Crippen LogP contribution in [0.25, 0.3) is 0 Å². The number of ether oxygens (including phenoxy) is 2. The van der Waals surface area contributed by atoms with Crippen molar-refractivity contribution < 1.29 is 22.5 Å². The molecule has 0 aliphatic heterocycles. The quantitative estimate of drug-likeness (QED) is 0.777. The Morgan fingerprint density at radius 1 is 1.00 bits per heavy atom. The minimum atomic E-state index is -2.86. The first-order valence-corrected chi connectivity index (χ1v) is 8.07. The van der Waals surface area contributed by atoms with Crippen LogP contribution >= 0.6 is 0 Å². The average Bonchev–Trinajstić information content (AvgIpc) is 2.47. The summed E-state index contributed by atoms with van der Waals surface area (Å²) in [5.41, 5.74) is 1.59. The first-order valence-electron chi connectivity index (χ1n) is 6.58. The van der Waals surface area contributed by atoms with Gasteiger partial charge in [0.05, 0.1) is 7.11 Å². The van der Waals surface area contributed by atoms with E-state index in [4.69, 9.17) is 4.74 Å². The molecule has 0 aliphatic rings. The number of hydrogen-bond donors (Lipinski definition) is 0. The zero-order valence-corrected chi connectivity index (χ0v) is 12.8. The molecule has 22 heavy (non-hydrogen) atoms. The molecule has 0 fully saturated rings. The lowest BCUT2D eigenvalue weighted by Crippen LogP contribution is -2.03. The fraction of sp³-hybridized carbons (Fsp3) is 0.250. The van der Waals surface area contributed by atoms with Crippen LogP contribution in [0.15, 0.2) is 48.5 Å². The lowest BCUT2D eigenvalue weighted by molar-refractivity contribution is -0.0498. The van der Waals surface area contributed by atoms with Crippen molar-refractivity contribution >= 4 is 10.8 Å². The highest BCUT2D eigenvalue weighted by atomic mass is 32.2. The third-order valence-corrected chi connectivity index (χ3v) is 4.22. The summed E-state index contributed by atoms with van der Waals surface area (Å²) < 4.78 is 46.0. The van der Waals surface area contributed by atoms with Gasteiger partial charge >= 0.3 is 6.61 Å². The molecule has 3 nitrogen and oxygen atoms in total. The van der Waals surface area contributed by atoms with E-state index in [0.717, 1.165) is 5.56 Å². The van der Waals surface area contributed by atoms with Gasteiger partial charge in [-0.3, -0.25) is 4.21 Å². The van der Waals surface area contributed by atoms with Crippen LogP contribution in [0.3, 0.4) is 0 Å². The Balaban J connectivity index is 1.99. The van der Waals surface area contributed by atoms with E-state index in [-0.39, 0.29) is 11.5 Å². The molecule has 0 N–H and O–H groups in total. The summed E-state index contributed by atoms with van der Waals surface area (Å²) in [5.74, 6) is 1.43. The fourth-order valence-corrected chi connectivity index (χ4v) is 3.20. The van der Waals surface area contributed by atoms with Gasteiger partial charge in [-0.2, -0.15) is 8.78 Å². The summed E-state index contributed by atoms with van der Waals surface area (Å²) >= 11 is 0. The third-order valence-electron chi connectivity index (χ3n) is 2.91. The molecule has 0 unspecified atom stereocenters. The van der Waals surface area contributed by atoms with Crippen LogP contribution in [0.5, 0.6) is 11.5 Å². The molecule has 1 atom stereocenters. The monoisotopic (exact) mass is 326 g/mol. The van der Waals surface area contributed by atoms with Crippen molar-refractivity contribution in [1.82, 2.24) is 0 Å². The van der Waals surface area contributed by atoms with Crippen molar-refractivity contribution in [2.75, 3.05) is 7.11 Å². The first-order chi connectivity index (χ1) is 10.6. The van der Waals surface area contributed by atoms with Crippen LogP contribution in [-0.4, -0.2) is 17.9 Å². The lowest BCUT2D eigenvalue weighted by atomic mass is 10.2. The molecule has 2 aromatic carbocycles. The molecule has 118 valence electrons. The zero-order valence-electron chi connectivity index (χ0n) is 12.0. The third kappa shape index (κ3) is 5.11. The van der Waals surface area contributed by atoms with Gasteiger partial charge in [0.15, 0.2) is 0 Å². The van der Waals surface area contributed by atoms with Gasteiger partial charge in [-0.25, -0.2) is 0 Å². The van der Waals surface area contributed by atoms with Crippen molar-refractivity contribution in [1.29, 1.82) is 0 Å². The van der Waals surface area contributed by atoms with E-state index in [9.17, 15) is 13.0 Å². The number of methoxy groups -OCH3 is 1. The van der Waals surface area contributed by atoms with Crippen LogP contribution in [-0.2, 0) is 22.3 Å². The molecule has 6 heteroatoms. The zero-order chi connectivity index (χ0) is 15.9. The second kappa shape index (κ2) is 7.89. The lowest BCUT2D eigenvalue weighted by Gasteiger charge is -2.08. The summed E-state index contributed by atoms with van der Waals surface area (Å²) in [6.45, 7) is -2.86. The summed E-state index contributed by atoms with van der Waals surface area (Å²) in [5, 5.41) is 0. The fourth-order valence-electron chi connectivity index (χ4n) is 2.00. The maximum atomic E-state index is 12.2. The second-order valence-corrected chi connectivity index (χ2v) is 6.06. The standard InChI is InChI=1S/C16H16F2O3S/c1-20-14-6-2-4-12(8-14)10-22(19)11-13-5-3-7-15(9-13)21-16(17)18/h2-9,16H,10-11H2,1H3/t22-/m1/s1. The Kier molecular flexibility index (Phi) is 5.89. The molecule has 0 aromatic heterocycles. The smallest absolute Gasteiger partial charge is 0.387 e. The highest BCUT2D eigenvalue weighted by Gasteiger charge is 2.08. The summed E-state index contributed by atoms with van der Waals surface area (Å²) in [7, 11) is 0.422. The molecule has 0 aliphatic carbocycles. The summed E-state index contributed by atoms with van der Waals surface area (Å²) in [4.78, 5) is 0. The summed E-state index contributed by atoms with van der Waals surface area (Å²) in [6.07, 6.45) is 0. The summed E-state index contributed by atoms with van der Waals surface area (Å²) in [6, 6.07) is 13.6. The van der Waals surface area contributed by atoms with Gasteiger partial charge in [0.1, 0.15) is 11.5 Å². The maximum absolute atomic E-state index is 12.2.